The van der Waals surface area contributed by atoms with Gasteiger partial charge in [0.25, 0.3) is 5.56 Å². The lowest BCUT2D eigenvalue weighted by Gasteiger charge is -2.24. The molecule has 2 aromatic carbocycles. The Balaban J connectivity index is 1.94. The third-order valence-electron chi connectivity index (χ3n) is 5.74. The first-order valence-corrected chi connectivity index (χ1v) is 12.7. The van der Waals surface area contributed by atoms with Crippen LogP contribution in [0.4, 0.5) is 0 Å². The third kappa shape index (κ3) is 4.70. The molecule has 1 aliphatic rings. The van der Waals surface area contributed by atoms with Crippen LogP contribution in [0.5, 0.6) is 17.2 Å². The minimum Gasteiger partial charge on any atom is -0.497 e. The fraction of sp³-hybridized carbons (Fsp3) is 0.269. The fourth-order valence-electron chi connectivity index (χ4n) is 4.01. The second-order valence-corrected chi connectivity index (χ2v) is 9.67. The van der Waals surface area contributed by atoms with Gasteiger partial charge in [0, 0.05) is 4.47 Å². The molecule has 0 saturated carbocycles. The van der Waals surface area contributed by atoms with Crippen molar-refractivity contribution in [2.75, 3.05) is 27.9 Å². The Morgan fingerprint density at radius 1 is 1.11 bits per heavy atom. The van der Waals surface area contributed by atoms with Gasteiger partial charge in [-0.1, -0.05) is 39.4 Å². The van der Waals surface area contributed by atoms with E-state index in [4.69, 9.17) is 18.9 Å². The van der Waals surface area contributed by atoms with Crippen LogP contribution in [0, 0.1) is 0 Å². The van der Waals surface area contributed by atoms with Gasteiger partial charge in [-0.3, -0.25) is 9.36 Å². The van der Waals surface area contributed by atoms with E-state index >= 15 is 0 Å². The van der Waals surface area contributed by atoms with Crippen molar-refractivity contribution in [3.63, 3.8) is 0 Å². The number of thiazole rings is 1. The molecule has 0 spiro atoms. The minimum atomic E-state index is -0.692. The first kappa shape index (κ1) is 25.7. The number of ether oxygens (including phenoxy) is 4. The maximum atomic E-state index is 13.8. The van der Waals surface area contributed by atoms with Crippen molar-refractivity contribution >= 4 is 39.3 Å². The Bertz CT molecular complexity index is 1520. The second kappa shape index (κ2) is 10.7. The van der Waals surface area contributed by atoms with Gasteiger partial charge < -0.3 is 18.9 Å². The van der Waals surface area contributed by atoms with E-state index in [1.807, 2.05) is 12.1 Å². The number of nitrogens with zero attached hydrogens (tertiary/aromatic N) is 2. The summed E-state index contributed by atoms with van der Waals surface area (Å²) in [6.07, 6.45) is 1.77. The summed E-state index contributed by atoms with van der Waals surface area (Å²) in [4.78, 5) is 31.9. The lowest BCUT2D eigenvalue weighted by Crippen LogP contribution is -2.39. The van der Waals surface area contributed by atoms with Gasteiger partial charge >= 0.3 is 5.97 Å². The highest BCUT2D eigenvalue weighted by atomic mass is 79.9. The van der Waals surface area contributed by atoms with Gasteiger partial charge in [0.05, 0.1) is 49.8 Å². The molecule has 36 heavy (non-hydrogen) atoms. The van der Waals surface area contributed by atoms with Gasteiger partial charge in [-0.25, -0.2) is 9.79 Å². The fourth-order valence-corrected chi connectivity index (χ4v) is 5.49. The van der Waals surface area contributed by atoms with E-state index in [-0.39, 0.29) is 12.2 Å². The number of aromatic nitrogens is 1. The summed E-state index contributed by atoms with van der Waals surface area (Å²) >= 11 is 4.80. The number of carbonyl (C=O) groups excluding carboxylic acids is 1. The monoisotopic (exact) mass is 572 g/mol. The van der Waals surface area contributed by atoms with Crippen LogP contribution < -0.4 is 29.1 Å². The number of allylic oxidation sites excluding steroid dienone is 1. The summed E-state index contributed by atoms with van der Waals surface area (Å²) < 4.78 is 24.1. The molecular weight excluding hydrogens is 548 g/mol. The first-order chi connectivity index (χ1) is 17.3. The SMILES string of the molecule is CCOC(=O)C1=C(C)N=c2s/c(=C/c3cc(OC)c(OC)cc3Br)c(=O)n2[C@@H]1c1ccc(OC)cc1. The average molecular weight is 573 g/mol. The minimum absolute atomic E-state index is 0.211. The van der Waals surface area contributed by atoms with E-state index in [0.717, 1.165) is 15.6 Å². The van der Waals surface area contributed by atoms with E-state index in [9.17, 15) is 9.59 Å². The molecule has 4 rings (SSSR count). The molecule has 0 bridgehead atoms. The number of benzene rings is 2. The lowest BCUT2D eigenvalue weighted by molar-refractivity contribution is -0.139. The van der Waals surface area contributed by atoms with Crippen LogP contribution in [0.25, 0.3) is 6.08 Å². The molecular formula is C26H25BrN2O6S. The highest BCUT2D eigenvalue weighted by Gasteiger charge is 2.33. The topological polar surface area (TPSA) is 88.4 Å². The Morgan fingerprint density at radius 2 is 1.78 bits per heavy atom. The molecule has 0 radical (unpaired) electrons. The van der Waals surface area contributed by atoms with Crippen LogP contribution >= 0.6 is 27.3 Å². The Hall–Kier alpha value is -3.37. The maximum absolute atomic E-state index is 13.8. The zero-order valence-electron chi connectivity index (χ0n) is 20.5. The Morgan fingerprint density at radius 3 is 2.39 bits per heavy atom. The van der Waals surface area contributed by atoms with Gasteiger partial charge in [-0.05, 0) is 55.3 Å². The van der Waals surface area contributed by atoms with Gasteiger partial charge in [-0.15, -0.1) is 0 Å². The summed E-state index contributed by atoms with van der Waals surface area (Å²) in [7, 11) is 4.70. The number of hydrogen-bond acceptors (Lipinski definition) is 8. The molecule has 0 amide bonds. The molecule has 1 aliphatic heterocycles. The summed E-state index contributed by atoms with van der Waals surface area (Å²) in [5.41, 5.74) is 2.05. The highest BCUT2D eigenvalue weighted by Crippen LogP contribution is 2.34. The van der Waals surface area contributed by atoms with Crippen LogP contribution in [0.15, 0.2) is 61.9 Å². The molecule has 1 atom stereocenters. The normalized spacial score (nSPS) is 15.3. The van der Waals surface area contributed by atoms with Crippen LogP contribution in [0.2, 0.25) is 0 Å². The van der Waals surface area contributed by atoms with Crippen molar-refractivity contribution in [3.8, 4) is 17.2 Å². The molecule has 0 unspecified atom stereocenters. The van der Waals surface area contributed by atoms with E-state index in [1.165, 1.54) is 11.3 Å². The predicted molar refractivity (Wildman–Crippen MR) is 141 cm³/mol. The van der Waals surface area contributed by atoms with Gasteiger partial charge in [0.15, 0.2) is 16.3 Å². The van der Waals surface area contributed by atoms with Crippen molar-refractivity contribution in [3.05, 3.63) is 83.0 Å². The molecule has 3 aromatic rings. The van der Waals surface area contributed by atoms with Gasteiger partial charge in [-0.2, -0.15) is 0 Å². The lowest BCUT2D eigenvalue weighted by atomic mass is 9.96. The Labute approximate surface area is 220 Å². The van der Waals surface area contributed by atoms with Crippen molar-refractivity contribution in [2.45, 2.75) is 19.9 Å². The summed E-state index contributed by atoms with van der Waals surface area (Å²) in [6, 6.07) is 10.1. The maximum Gasteiger partial charge on any atom is 0.338 e. The first-order valence-electron chi connectivity index (χ1n) is 11.1. The largest absolute Gasteiger partial charge is 0.497 e. The van der Waals surface area contributed by atoms with Crippen LogP contribution in [0.1, 0.15) is 31.0 Å². The number of esters is 1. The van der Waals surface area contributed by atoms with Crippen molar-refractivity contribution in [1.29, 1.82) is 0 Å². The van der Waals surface area contributed by atoms with Crippen molar-refractivity contribution in [1.82, 2.24) is 4.57 Å². The van der Waals surface area contributed by atoms with Crippen molar-refractivity contribution < 1.29 is 23.7 Å². The van der Waals surface area contributed by atoms with Gasteiger partial charge in [0.2, 0.25) is 0 Å². The molecule has 188 valence electrons. The standard InChI is InChI=1S/C26H25BrN2O6S/c1-6-35-25(31)22-14(2)28-26-29(23(22)15-7-9-17(32-3)10-8-15)24(30)21(36-26)12-16-11-19(33-4)20(34-5)13-18(16)27/h7-13,23H,6H2,1-5H3/b21-12+/t23-/m1/s1. The van der Waals surface area contributed by atoms with E-state index < -0.39 is 12.0 Å². The number of fused-ring (bicyclic) bond motifs is 1. The smallest absolute Gasteiger partial charge is 0.338 e. The third-order valence-corrected chi connectivity index (χ3v) is 7.41. The molecule has 0 aliphatic carbocycles. The van der Waals surface area contributed by atoms with Crippen LogP contribution in [0.3, 0.4) is 0 Å². The molecule has 1 aromatic heterocycles. The molecule has 0 N–H and O–H groups in total. The molecule has 8 nitrogen and oxygen atoms in total. The number of halogens is 1. The van der Waals surface area contributed by atoms with E-state index in [0.29, 0.717) is 37.9 Å². The highest BCUT2D eigenvalue weighted by molar-refractivity contribution is 9.10. The molecule has 0 fully saturated rings. The van der Waals surface area contributed by atoms with E-state index in [2.05, 4.69) is 20.9 Å². The number of methoxy groups -OCH3 is 3. The predicted octanol–water partition coefficient (Wildman–Crippen LogP) is 3.59. The molecule has 2 heterocycles. The number of hydrogen-bond donors (Lipinski definition) is 0. The molecule has 10 heteroatoms. The average Bonchev–Trinajstić information content (AvgIpc) is 3.18. The quantitative estimate of drug-likeness (QED) is 0.402. The van der Waals surface area contributed by atoms with Crippen LogP contribution in [-0.2, 0) is 9.53 Å². The second-order valence-electron chi connectivity index (χ2n) is 7.80. The summed E-state index contributed by atoms with van der Waals surface area (Å²) in [5, 5.41) is 0. The zero-order valence-corrected chi connectivity index (χ0v) is 22.9. The summed E-state index contributed by atoms with van der Waals surface area (Å²) in [6.45, 7) is 3.71. The summed E-state index contributed by atoms with van der Waals surface area (Å²) in [5.74, 6) is 1.27. The van der Waals surface area contributed by atoms with Crippen LogP contribution in [-0.4, -0.2) is 38.5 Å². The molecule has 0 saturated heterocycles. The number of carbonyl (C=O) groups is 1. The van der Waals surface area contributed by atoms with Crippen molar-refractivity contribution in [2.24, 2.45) is 4.99 Å². The number of rotatable bonds is 7. The Kier molecular flexibility index (Phi) is 7.65. The van der Waals surface area contributed by atoms with E-state index in [1.54, 1.807) is 70.1 Å². The van der Waals surface area contributed by atoms with Gasteiger partial charge in [0.1, 0.15) is 5.75 Å². The zero-order chi connectivity index (χ0) is 26.0.